The van der Waals surface area contributed by atoms with Gasteiger partial charge in [0.15, 0.2) is 0 Å². The molecule has 0 atom stereocenters. The molecule has 9 nitrogen and oxygen atoms in total. The van der Waals surface area contributed by atoms with E-state index in [0.717, 1.165) is 23.4 Å². The number of thiazole rings is 1. The third kappa shape index (κ3) is 6.03. The van der Waals surface area contributed by atoms with Crippen molar-refractivity contribution in [2.75, 3.05) is 13.1 Å². The molecule has 0 unspecified atom stereocenters. The molecule has 12 heteroatoms. The average Bonchev–Trinajstić information content (AvgIpc) is 3.60. The lowest BCUT2D eigenvalue weighted by Gasteiger charge is -2.31. The Morgan fingerprint density at radius 1 is 1.11 bits per heavy atom. The second kappa shape index (κ2) is 11.6. The number of halogens is 2. The van der Waals surface area contributed by atoms with Gasteiger partial charge >= 0.3 is 0 Å². The molecule has 0 N–H and O–H groups in total. The molecule has 1 fully saturated rings. The first kappa shape index (κ1) is 26.3. The Morgan fingerprint density at radius 2 is 1.84 bits per heavy atom. The van der Waals surface area contributed by atoms with Crippen molar-refractivity contribution in [1.29, 1.82) is 0 Å². The first-order chi connectivity index (χ1) is 18.4. The lowest BCUT2D eigenvalue weighted by molar-refractivity contribution is -0.384. The van der Waals surface area contributed by atoms with Crippen LogP contribution in [0.2, 0.25) is 10.0 Å². The Kier molecular flexibility index (Phi) is 8.01. The number of amides is 1. The van der Waals surface area contributed by atoms with Crippen molar-refractivity contribution in [2.24, 2.45) is 0 Å². The SMILES string of the molecule is O=C(CCCc1nc(-c2ccc(Cl)cc2)no1)N1CCC(c2nc(-c3ccc(Cl)c([N+](=O)[O-])c3)cs2)CC1. The zero-order valence-electron chi connectivity index (χ0n) is 20.2. The topological polar surface area (TPSA) is 115 Å². The number of carbonyl (C=O) groups is 1. The minimum atomic E-state index is -0.494. The van der Waals surface area contributed by atoms with Crippen LogP contribution in [0.3, 0.4) is 0 Å². The van der Waals surface area contributed by atoms with Gasteiger partial charge in [-0.2, -0.15) is 4.98 Å². The van der Waals surface area contributed by atoms with E-state index in [2.05, 4.69) is 10.1 Å². The van der Waals surface area contributed by atoms with Gasteiger partial charge in [-0.15, -0.1) is 11.3 Å². The number of rotatable bonds is 8. The van der Waals surface area contributed by atoms with Crippen molar-refractivity contribution < 1.29 is 14.2 Å². The van der Waals surface area contributed by atoms with Crippen molar-refractivity contribution in [3.8, 4) is 22.6 Å². The molecule has 0 bridgehead atoms. The van der Waals surface area contributed by atoms with E-state index in [1.54, 1.807) is 29.5 Å². The molecule has 0 spiro atoms. The molecule has 1 aliphatic rings. The summed E-state index contributed by atoms with van der Waals surface area (Å²) in [6, 6.07) is 11.9. The number of nitrogens with zero attached hydrogens (tertiary/aromatic N) is 5. The molecule has 0 radical (unpaired) electrons. The summed E-state index contributed by atoms with van der Waals surface area (Å²) >= 11 is 13.4. The van der Waals surface area contributed by atoms with Crippen molar-refractivity contribution in [2.45, 2.75) is 38.0 Å². The number of carbonyl (C=O) groups excluding carboxylic acids is 1. The van der Waals surface area contributed by atoms with E-state index in [9.17, 15) is 14.9 Å². The molecule has 1 saturated heterocycles. The van der Waals surface area contributed by atoms with E-state index in [-0.39, 0.29) is 22.5 Å². The van der Waals surface area contributed by atoms with Crippen molar-refractivity contribution >= 4 is 46.1 Å². The van der Waals surface area contributed by atoms with E-state index < -0.39 is 4.92 Å². The molecule has 1 amide bonds. The number of nitro benzene ring substituents is 1. The van der Waals surface area contributed by atoms with Gasteiger partial charge in [-0.3, -0.25) is 14.9 Å². The van der Waals surface area contributed by atoms with Crippen molar-refractivity contribution in [1.82, 2.24) is 20.0 Å². The van der Waals surface area contributed by atoms with Crippen LogP contribution in [0.25, 0.3) is 22.6 Å². The molecule has 2 aromatic heterocycles. The van der Waals surface area contributed by atoms with Crippen LogP contribution in [-0.2, 0) is 11.2 Å². The molecule has 0 aliphatic carbocycles. The normalized spacial score (nSPS) is 14.1. The number of hydrogen-bond donors (Lipinski definition) is 0. The van der Waals surface area contributed by atoms with E-state index >= 15 is 0 Å². The molecule has 1 aliphatic heterocycles. The lowest BCUT2D eigenvalue weighted by atomic mass is 9.97. The standard InChI is InChI=1S/C26H23Cl2N5O4S/c27-19-7-4-16(5-8-19)25-30-23(37-31-25)2-1-3-24(34)32-12-10-17(11-13-32)26-29-21(15-38-26)18-6-9-20(28)22(14-18)33(35)36/h4-9,14-15,17H,1-3,10-13H2. The van der Waals surface area contributed by atoms with Crippen molar-refractivity contribution in [3.05, 3.63) is 78.9 Å². The highest BCUT2D eigenvalue weighted by Gasteiger charge is 2.26. The minimum Gasteiger partial charge on any atom is -0.343 e. The highest BCUT2D eigenvalue weighted by atomic mass is 35.5. The number of nitro groups is 1. The van der Waals surface area contributed by atoms with Crippen LogP contribution in [0.15, 0.2) is 52.4 Å². The zero-order valence-corrected chi connectivity index (χ0v) is 22.5. The maximum atomic E-state index is 12.8. The molecular formula is C26H23Cl2N5O4S. The van der Waals surface area contributed by atoms with Gasteiger partial charge in [-0.25, -0.2) is 4.98 Å². The predicted molar refractivity (Wildman–Crippen MR) is 145 cm³/mol. The first-order valence-electron chi connectivity index (χ1n) is 12.1. The van der Waals surface area contributed by atoms with Gasteiger partial charge < -0.3 is 9.42 Å². The van der Waals surface area contributed by atoms with Gasteiger partial charge in [-0.05, 0) is 49.6 Å². The second-order valence-electron chi connectivity index (χ2n) is 9.02. The van der Waals surface area contributed by atoms with Crippen LogP contribution < -0.4 is 0 Å². The maximum Gasteiger partial charge on any atom is 0.288 e. The summed E-state index contributed by atoms with van der Waals surface area (Å²) in [4.78, 5) is 34.5. The van der Waals surface area contributed by atoms with Crippen LogP contribution in [0.1, 0.15) is 42.5 Å². The van der Waals surface area contributed by atoms with Crippen LogP contribution in [-0.4, -0.2) is 43.9 Å². The number of benzene rings is 2. The van der Waals surface area contributed by atoms with Crippen LogP contribution in [0.4, 0.5) is 5.69 Å². The van der Waals surface area contributed by atoms with E-state index in [1.807, 2.05) is 22.4 Å². The van der Waals surface area contributed by atoms with E-state index in [0.29, 0.717) is 60.3 Å². The number of aryl methyl sites for hydroxylation is 1. The highest BCUT2D eigenvalue weighted by molar-refractivity contribution is 7.10. The van der Waals surface area contributed by atoms with E-state index in [4.69, 9.17) is 32.7 Å². The molecule has 4 aromatic rings. The zero-order chi connectivity index (χ0) is 26.6. The molecule has 196 valence electrons. The Hall–Kier alpha value is -3.34. The fraction of sp³-hybridized carbons (Fsp3) is 0.308. The summed E-state index contributed by atoms with van der Waals surface area (Å²) in [5, 5.41) is 18.9. The summed E-state index contributed by atoms with van der Waals surface area (Å²) in [5.41, 5.74) is 2.05. The Morgan fingerprint density at radius 3 is 2.58 bits per heavy atom. The summed E-state index contributed by atoms with van der Waals surface area (Å²) < 4.78 is 5.33. The maximum absolute atomic E-state index is 12.8. The summed E-state index contributed by atoms with van der Waals surface area (Å²) in [7, 11) is 0. The molecule has 0 saturated carbocycles. The molecule has 5 rings (SSSR count). The van der Waals surface area contributed by atoms with Crippen molar-refractivity contribution in [3.63, 3.8) is 0 Å². The Labute approximate surface area is 232 Å². The predicted octanol–water partition coefficient (Wildman–Crippen LogP) is 6.80. The molecule has 38 heavy (non-hydrogen) atoms. The molecule has 3 heterocycles. The lowest BCUT2D eigenvalue weighted by Crippen LogP contribution is -2.37. The quantitative estimate of drug-likeness (QED) is 0.168. The summed E-state index contributed by atoms with van der Waals surface area (Å²) in [6.45, 7) is 1.35. The monoisotopic (exact) mass is 571 g/mol. The van der Waals surface area contributed by atoms with Gasteiger partial charge in [0.25, 0.3) is 5.69 Å². The minimum absolute atomic E-state index is 0.103. The van der Waals surface area contributed by atoms with Gasteiger partial charge in [0.1, 0.15) is 5.02 Å². The Balaban J connectivity index is 1.10. The third-order valence-electron chi connectivity index (χ3n) is 6.51. The summed E-state index contributed by atoms with van der Waals surface area (Å²) in [6.07, 6.45) is 3.23. The molecular weight excluding hydrogens is 549 g/mol. The van der Waals surface area contributed by atoms with Gasteiger partial charge in [0.2, 0.25) is 17.6 Å². The highest BCUT2D eigenvalue weighted by Crippen LogP contribution is 2.35. The van der Waals surface area contributed by atoms with Gasteiger partial charge in [-0.1, -0.05) is 34.4 Å². The number of aromatic nitrogens is 3. The number of likely N-dealkylation sites (tertiary alicyclic amines) is 1. The fourth-order valence-electron chi connectivity index (χ4n) is 4.42. The average molecular weight is 572 g/mol. The molecule has 2 aromatic carbocycles. The number of piperidine rings is 1. The van der Waals surface area contributed by atoms with E-state index in [1.165, 1.54) is 12.1 Å². The van der Waals surface area contributed by atoms with Crippen LogP contribution in [0.5, 0.6) is 0 Å². The first-order valence-corrected chi connectivity index (χ1v) is 13.8. The van der Waals surface area contributed by atoms with Gasteiger partial charge in [0, 0.05) is 59.4 Å². The third-order valence-corrected chi connectivity index (χ3v) is 8.09. The summed E-state index contributed by atoms with van der Waals surface area (Å²) in [5.74, 6) is 1.38. The smallest absolute Gasteiger partial charge is 0.288 e. The Bertz CT molecular complexity index is 1450. The van der Waals surface area contributed by atoms with Crippen LogP contribution >= 0.6 is 34.5 Å². The largest absolute Gasteiger partial charge is 0.343 e. The second-order valence-corrected chi connectivity index (χ2v) is 10.8. The number of hydrogen-bond acceptors (Lipinski definition) is 8. The van der Waals surface area contributed by atoms with Gasteiger partial charge in [0.05, 0.1) is 15.6 Å². The van der Waals surface area contributed by atoms with Crippen LogP contribution in [0, 0.1) is 10.1 Å². The fourth-order valence-corrected chi connectivity index (χ4v) is 5.73.